The molecular weight excluding hydrogens is 325 g/mol. The van der Waals surface area contributed by atoms with Gasteiger partial charge in [0.05, 0.1) is 28.0 Å². The fourth-order valence-electron chi connectivity index (χ4n) is 2.15. The number of carbonyl (C=O) groups is 2. The average Bonchev–Trinajstić information content (AvgIpc) is 2.93. The van der Waals surface area contributed by atoms with Crippen LogP contribution in [0.1, 0.15) is 20.7 Å². The van der Waals surface area contributed by atoms with Crippen LogP contribution in [-0.4, -0.2) is 27.0 Å². The number of hydrogen-bond donors (Lipinski definition) is 3. The molecule has 8 heteroatoms. The Kier molecular flexibility index (Phi) is 3.71. The number of anilines is 1. The Morgan fingerprint density at radius 3 is 2.70 bits per heavy atom. The summed E-state index contributed by atoms with van der Waals surface area (Å²) in [4.78, 5) is 29.9. The molecule has 6 nitrogen and oxygen atoms in total. The van der Waals surface area contributed by atoms with Crippen LogP contribution in [0.25, 0.3) is 11.0 Å². The molecule has 0 fully saturated rings. The lowest BCUT2D eigenvalue weighted by Gasteiger charge is -2.08. The third-order valence-corrected chi connectivity index (χ3v) is 3.50. The molecule has 3 N–H and O–H groups in total. The highest BCUT2D eigenvalue weighted by molar-refractivity contribution is 6.33. The van der Waals surface area contributed by atoms with E-state index in [2.05, 4.69) is 15.3 Å². The zero-order chi connectivity index (χ0) is 16.6. The fourth-order valence-corrected chi connectivity index (χ4v) is 2.41. The van der Waals surface area contributed by atoms with Gasteiger partial charge in [0.25, 0.3) is 5.91 Å². The first-order valence-electron chi connectivity index (χ1n) is 6.42. The van der Waals surface area contributed by atoms with E-state index in [4.69, 9.17) is 16.7 Å². The number of halogens is 2. The largest absolute Gasteiger partial charge is 0.478 e. The van der Waals surface area contributed by atoms with Gasteiger partial charge in [-0.2, -0.15) is 0 Å². The lowest BCUT2D eigenvalue weighted by Crippen LogP contribution is -2.13. The van der Waals surface area contributed by atoms with Crippen LogP contribution in [0.5, 0.6) is 0 Å². The molecule has 0 aliphatic rings. The van der Waals surface area contributed by atoms with Gasteiger partial charge in [-0.25, -0.2) is 14.2 Å². The highest BCUT2D eigenvalue weighted by Crippen LogP contribution is 2.23. The highest BCUT2D eigenvalue weighted by atomic mass is 35.5. The third-order valence-electron chi connectivity index (χ3n) is 3.19. The normalized spacial score (nSPS) is 10.7. The van der Waals surface area contributed by atoms with Gasteiger partial charge in [0, 0.05) is 5.69 Å². The highest BCUT2D eigenvalue weighted by Gasteiger charge is 2.15. The van der Waals surface area contributed by atoms with Crippen molar-refractivity contribution in [3.05, 3.63) is 58.6 Å². The van der Waals surface area contributed by atoms with E-state index in [-0.39, 0.29) is 21.8 Å². The molecule has 1 aromatic heterocycles. The predicted octanol–water partition coefficient (Wildman–Crippen LogP) is 3.31. The molecular formula is C15H9ClFN3O3. The van der Waals surface area contributed by atoms with Crippen LogP contribution in [-0.2, 0) is 0 Å². The van der Waals surface area contributed by atoms with E-state index < -0.39 is 17.7 Å². The molecule has 2 aromatic carbocycles. The number of benzene rings is 2. The second-order valence-corrected chi connectivity index (χ2v) is 5.11. The molecule has 1 amide bonds. The molecule has 116 valence electrons. The van der Waals surface area contributed by atoms with Gasteiger partial charge in [0.1, 0.15) is 11.3 Å². The van der Waals surface area contributed by atoms with Crippen LogP contribution in [0, 0.1) is 5.82 Å². The first kappa shape index (κ1) is 15.0. The molecule has 0 aliphatic heterocycles. The molecule has 0 unspecified atom stereocenters. The maximum absolute atomic E-state index is 13.6. The molecule has 0 radical (unpaired) electrons. The summed E-state index contributed by atoms with van der Waals surface area (Å²) in [7, 11) is 0. The van der Waals surface area contributed by atoms with Crippen molar-refractivity contribution in [2.75, 3.05) is 5.32 Å². The molecule has 0 spiro atoms. The average molecular weight is 334 g/mol. The topological polar surface area (TPSA) is 95.1 Å². The van der Waals surface area contributed by atoms with Gasteiger partial charge in [-0.15, -0.1) is 0 Å². The first-order valence-corrected chi connectivity index (χ1v) is 6.80. The summed E-state index contributed by atoms with van der Waals surface area (Å²) in [6.45, 7) is 0. The van der Waals surface area contributed by atoms with Crippen molar-refractivity contribution >= 4 is 40.2 Å². The zero-order valence-electron chi connectivity index (χ0n) is 11.4. The van der Waals surface area contributed by atoms with Gasteiger partial charge >= 0.3 is 5.97 Å². The number of carboxylic acid groups (broad SMARTS) is 1. The second-order valence-electron chi connectivity index (χ2n) is 4.71. The van der Waals surface area contributed by atoms with E-state index in [9.17, 15) is 14.0 Å². The molecule has 1 heterocycles. The summed E-state index contributed by atoms with van der Waals surface area (Å²) < 4.78 is 13.6. The first-order chi connectivity index (χ1) is 11.0. The van der Waals surface area contributed by atoms with Crippen molar-refractivity contribution < 1.29 is 19.1 Å². The Labute approximate surface area is 133 Å². The minimum Gasteiger partial charge on any atom is -0.478 e. The number of fused-ring (bicyclic) bond motifs is 1. The Morgan fingerprint density at radius 2 is 2.00 bits per heavy atom. The predicted molar refractivity (Wildman–Crippen MR) is 82.4 cm³/mol. The maximum atomic E-state index is 13.6. The minimum absolute atomic E-state index is 0.0144. The molecule has 0 aliphatic carbocycles. The minimum atomic E-state index is -1.17. The molecule has 0 atom stereocenters. The summed E-state index contributed by atoms with van der Waals surface area (Å²) in [5, 5.41) is 11.4. The van der Waals surface area contributed by atoms with Crippen molar-refractivity contribution in [1.29, 1.82) is 0 Å². The quantitative estimate of drug-likeness (QED) is 0.685. The van der Waals surface area contributed by atoms with E-state index in [1.807, 2.05) is 0 Å². The van der Waals surface area contributed by atoms with E-state index in [1.165, 1.54) is 30.6 Å². The van der Waals surface area contributed by atoms with Gasteiger partial charge < -0.3 is 15.4 Å². The SMILES string of the molecule is O=C(O)c1ccc(NC(=O)c2cc(F)cc3[nH]cnc23)cc1Cl. The van der Waals surface area contributed by atoms with Crippen LogP contribution in [0.4, 0.5) is 10.1 Å². The van der Waals surface area contributed by atoms with Gasteiger partial charge in [0.2, 0.25) is 0 Å². The zero-order valence-corrected chi connectivity index (χ0v) is 12.2. The summed E-state index contributed by atoms with van der Waals surface area (Å²) in [6.07, 6.45) is 1.36. The summed E-state index contributed by atoms with van der Waals surface area (Å²) in [5.41, 5.74) is 0.995. The number of aromatic nitrogens is 2. The van der Waals surface area contributed by atoms with E-state index >= 15 is 0 Å². The van der Waals surface area contributed by atoms with Gasteiger partial charge in [-0.05, 0) is 30.3 Å². The number of aromatic amines is 1. The maximum Gasteiger partial charge on any atom is 0.337 e. The number of aromatic carboxylic acids is 1. The van der Waals surface area contributed by atoms with Gasteiger partial charge in [-0.1, -0.05) is 11.6 Å². The smallest absolute Gasteiger partial charge is 0.337 e. The number of amides is 1. The van der Waals surface area contributed by atoms with Crippen LogP contribution in [0.3, 0.4) is 0 Å². The number of hydrogen-bond acceptors (Lipinski definition) is 3. The lowest BCUT2D eigenvalue weighted by molar-refractivity contribution is 0.0697. The monoisotopic (exact) mass is 333 g/mol. The van der Waals surface area contributed by atoms with Crippen LogP contribution in [0.15, 0.2) is 36.7 Å². The van der Waals surface area contributed by atoms with Gasteiger partial charge in [-0.3, -0.25) is 4.79 Å². The Hall–Kier alpha value is -2.93. The van der Waals surface area contributed by atoms with Crippen LogP contribution in [0.2, 0.25) is 5.02 Å². The summed E-state index contributed by atoms with van der Waals surface area (Å²) >= 11 is 5.85. The van der Waals surface area contributed by atoms with Gasteiger partial charge in [0.15, 0.2) is 0 Å². The van der Waals surface area contributed by atoms with Crippen LogP contribution < -0.4 is 5.32 Å². The number of rotatable bonds is 3. The molecule has 0 bridgehead atoms. The third kappa shape index (κ3) is 2.86. The Balaban J connectivity index is 1.93. The number of nitrogens with one attached hydrogen (secondary N) is 2. The number of nitrogens with zero attached hydrogens (tertiary/aromatic N) is 1. The van der Waals surface area contributed by atoms with Crippen molar-refractivity contribution in [2.24, 2.45) is 0 Å². The van der Waals surface area contributed by atoms with Crippen molar-refractivity contribution in [2.45, 2.75) is 0 Å². The summed E-state index contributed by atoms with van der Waals surface area (Å²) in [5.74, 6) is -2.33. The fraction of sp³-hybridized carbons (Fsp3) is 0. The standard InChI is InChI=1S/C15H9ClFN3O3/c16-11-5-8(1-2-9(11)15(22)23)20-14(21)10-3-7(17)4-12-13(10)19-6-18-12/h1-6H,(H,18,19)(H,20,21)(H,22,23). The van der Waals surface area contributed by atoms with Crippen molar-refractivity contribution in [3.8, 4) is 0 Å². The number of carboxylic acids is 1. The molecule has 3 aromatic rings. The van der Waals surface area contributed by atoms with E-state index in [0.717, 1.165) is 6.07 Å². The molecule has 0 saturated heterocycles. The van der Waals surface area contributed by atoms with E-state index in [0.29, 0.717) is 11.0 Å². The number of imidazole rings is 1. The van der Waals surface area contributed by atoms with Crippen molar-refractivity contribution in [1.82, 2.24) is 9.97 Å². The van der Waals surface area contributed by atoms with Crippen LogP contribution >= 0.6 is 11.6 Å². The number of carbonyl (C=O) groups excluding carboxylic acids is 1. The Bertz CT molecular complexity index is 939. The molecule has 3 rings (SSSR count). The Morgan fingerprint density at radius 1 is 1.22 bits per heavy atom. The lowest BCUT2D eigenvalue weighted by atomic mass is 10.1. The van der Waals surface area contributed by atoms with E-state index in [1.54, 1.807) is 0 Å². The number of H-pyrrole nitrogens is 1. The molecule has 0 saturated carbocycles. The summed E-state index contributed by atoms with van der Waals surface area (Å²) in [6, 6.07) is 6.29. The van der Waals surface area contributed by atoms with Crippen molar-refractivity contribution in [3.63, 3.8) is 0 Å². The second kappa shape index (κ2) is 5.69. The molecule has 23 heavy (non-hydrogen) atoms.